The number of benzene rings is 3. The first-order chi connectivity index (χ1) is 18.8. The lowest BCUT2D eigenvalue weighted by Gasteiger charge is -2.33. The number of carbonyl (C=O) groups excluding carboxylic acids is 2. The predicted molar refractivity (Wildman–Crippen MR) is 131 cm³/mol. The minimum atomic E-state index is -6.73. The van der Waals surface area contributed by atoms with Gasteiger partial charge in [0.05, 0.1) is 23.4 Å². The van der Waals surface area contributed by atoms with E-state index in [1.807, 2.05) is 0 Å². The summed E-state index contributed by atoms with van der Waals surface area (Å²) in [4.78, 5) is 25.8. The summed E-state index contributed by atoms with van der Waals surface area (Å²) in [6.07, 6.45) is -19.2. The number of carbonyl (C=O) groups is 2. The van der Waals surface area contributed by atoms with E-state index in [-0.39, 0.29) is 16.6 Å². The SMILES string of the molecule is O=C(CNN(C(=O)c1ccccc1F)c1c(I)cc(C(F)(C(F)(F)F)C(F)(F)F)cc1C(F)(F)F)c1ccccc1. The van der Waals surface area contributed by atoms with E-state index >= 15 is 0 Å². The van der Waals surface area contributed by atoms with Crippen molar-refractivity contribution < 1.29 is 57.9 Å². The molecule has 3 aromatic carbocycles. The van der Waals surface area contributed by atoms with Gasteiger partial charge in [0.2, 0.25) is 0 Å². The average Bonchev–Trinajstić information content (AvgIpc) is 2.87. The number of amides is 1. The van der Waals surface area contributed by atoms with Crippen LogP contribution < -0.4 is 10.4 Å². The summed E-state index contributed by atoms with van der Waals surface area (Å²) in [6.45, 7) is -0.933. The van der Waals surface area contributed by atoms with Crippen molar-refractivity contribution in [3.8, 4) is 0 Å². The number of hydrogen-bond donors (Lipinski definition) is 1. The van der Waals surface area contributed by atoms with E-state index in [1.54, 1.807) is 0 Å². The van der Waals surface area contributed by atoms with E-state index < -0.39 is 80.3 Å². The highest BCUT2D eigenvalue weighted by Gasteiger charge is 2.73. The van der Waals surface area contributed by atoms with Gasteiger partial charge in [0.15, 0.2) is 5.78 Å². The zero-order valence-corrected chi connectivity index (χ0v) is 22.0. The summed E-state index contributed by atoms with van der Waals surface area (Å²) in [7, 11) is 0. The van der Waals surface area contributed by atoms with Crippen LogP contribution in [0.3, 0.4) is 0 Å². The fourth-order valence-corrected chi connectivity index (χ4v) is 4.48. The third-order valence-corrected chi connectivity index (χ3v) is 6.39. The number of nitrogens with zero attached hydrogens (tertiary/aromatic N) is 1. The van der Waals surface area contributed by atoms with Crippen molar-refractivity contribution in [2.45, 2.75) is 24.2 Å². The van der Waals surface area contributed by atoms with Crippen molar-refractivity contribution in [2.75, 3.05) is 11.6 Å². The molecule has 0 aromatic heterocycles. The summed E-state index contributed by atoms with van der Waals surface area (Å²) < 4.78 is 151. The zero-order valence-electron chi connectivity index (χ0n) is 19.9. The third kappa shape index (κ3) is 6.47. The molecule has 0 saturated carbocycles. The number of rotatable bonds is 7. The van der Waals surface area contributed by atoms with E-state index in [0.717, 1.165) is 46.9 Å². The molecule has 16 heteroatoms. The highest BCUT2D eigenvalue weighted by Crippen LogP contribution is 2.55. The molecule has 3 aromatic rings. The molecule has 0 heterocycles. The maximum Gasteiger partial charge on any atom is 0.435 e. The third-order valence-electron chi connectivity index (χ3n) is 5.57. The highest BCUT2D eigenvalue weighted by molar-refractivity contribution is 14.1. The second kappa shape index (κ2) is 11.5. The molecule has 0 aliphatic rings. The van der Waals surface area contributed by atoms with Crippen LogP contribution in [0, 0.1) is 9.39 Å². The smallest absolute Gasteiger partial charge is 0.293 e. The van der Waals surface area contributed by atoms with Gasteiger partial charge in [0.25, 0.3) is 5.91 Å². The van der Waals surface area contributed by atoms with E-state index in [1.165, 1.54) is 30.3 Å². The highest BCUT2D eigenvalue weighted by atomic mass is 127. The maximum absolute atomic E-state index is 14.7. The fourth-order valence-electron chi connectivity index (χ4n) is 3.61. The van der Waals surface area contributed by atoms with Crippen LogP contribution in [0.25, 0.3) is 0 Å². The van der Waals surface area contributed by atoms with Crippen LogP contribution in [-0.2, 0) is 11.8 Å². The van der Waals surface area contributed by atoms with Crippen molar-refractivity contribution in [3.63, 3.8) is 0 Å². The van der Waals surface area contributed by atoms with Gasteiger partial charge in [-0.15, -0.1) is 0 Å². The molecule has 0 aliphatic carbocycles. The van der Waals surface area contributed by atoms with Crippen LogP contribution in [-0.4, -0.2) is 30.6 Å². The quantitative estimate of drug-likeness (QED) is 0.118. The Morgan fingerprint density at radius 1 is 0.780 bits per heavy atom. The van der Waals surface area contributed by atoms with Crippen LogP contribution in [0.4, 0.5) is 54.0 Å². The van der Waals surface area contributed by atoms with Crippen molar-refractivity contribution in [1.29, 1.82) is 0 Å². The van der Waals surface area contributed by atoms with E-state index in [4.69, 9.17) is 0 Å². The van der Waals surface area contributed by atoms with Gasteiger partial charge in [-0.3, -0.25) is 9.59 Å². The number of hydrogen-bond acceptors (Lipinski definition) is 3. The topological polar surface area (TPSA) is 49.4 Å². The van der Waals surface area contributed by atoms with Gasteiger partial charge in [-0.1, -0.05) is 42.5 Å². The molecule has 41 heavy (non-hydrogen) atoms. The first-order valence-corrected chi connectivity index (χ1v) is 12.0. The Labute approximate surface area is 237 Å². The number of nitrogens with one attached hydrogen (secondary N) is 1. The Balaban J connectivity index is 2.27. The van der Waals surface area contributed by atoms with Gasteiger partial charge < -0.3 is 0 Å². The normalized spacial score (nSPS) is 12.8. The molecule has 0 atom stereocenters. The lowest BCUT2D eigenvalue weighted by molar-refractivity contribution is -0.348. The molecule has 0 saturated heterocycles. The molecule has 0 radical (unpaired) electrons. The van der Waals surface area contributed by atoms with Gasteiger partial charge >= 0.3 is 24.2 Å². The predicted octanol–water partition coefficient (Wildman–Crippen LogP) is 7.77. The minimum absolute atomic E-state index is 0.0111. The van der Waals surface area contributed by atoms with Crippen LogP contribution in [0.15, 0.2) is 66.7 Å². The van der Waals surface area contributed by atoms with Crippen LogP contribution in [0.1, 0.15) is 31.8 Å². The Morgan fingerprint density at radius 2 is 1.32 bits per heavy atom. The first kappa shape index (κ1) is 32.2. The molecule has 0 bridgehead atoms. The standard InChI is InChI=1S/C25H14F11IN2O2/c26-17-9-5-4-8-15(17)21(41)39(38-12-19(40)13-6-2-1-3-7-13)20-16(23(28,29)30)10-14(11-18(20)37)22(27,24(31,32)33)25(34,35)36/h1-11,38H,12H2. The van der Waals surface area contributed by atoms with Gasteiger partial charge in [-0.25, -0.2) is 19.2 Å². The largest absolute Gasteiger partial charge is 0.435 e. The van der Waals surface area contributed by atoms with Crippen molar-refractivity contribution in [1.82, 2.24) is 5.43 Å². The number of anilines is 1. The Kier molecular flexibility index (Phi) is 9.07. The fraction of sp³-hybridized carbons (Fsp3) is 0.200. The molecule has 1 amide bonds. The average molecular weight is 710 g/mol. The van der Waals surface area contributed by atoms with Crippen LogP contribution in [0.5, 0.6) is 0 Å². The summed E-state index contributed by atoms with van der Waals surface area (Å²) in [5.41, 5.74) is -11.2. The van der Waals surface area contributed by atoms with Gasteiger partial charge in [-0.05, 0) is 46.9 Å². The monoisotopic (exact) mass is 710 g/mol. The van der Waals surface area contributed by atoms with Crippen LogP contribution in [0.2, 0.25) is 0 Å². The number of ketones is 1. The Hall–Kier alpha value is -3.28. The van der Waals surface area contributed by atoms with Gasteiger partial charge in [-0.2, -0.15) is 39.5 Å². The molecule has 0 spiro atoms. The first-order valence-electron chi connectivity index (χ1n) is 10.9. The summed E-state index contributed by atoms with van der Waals surface area (Å²) >= 11 is 0.879. The Bertz CT molecular complexity index is 1420. The molecular formula is C25H14F11IN2O2. The second-order valence-corrected chi connectivity index (χ2v) is 9.41. The molecule has 0 aliphatic heterocycles. The zero-order chi connectivity index (χ0) is 31.0. The minimum Gasteiger partial charge on any atom is -0.293 e. The van der Waals surface area contributed by atoms with Crippen molar-refractivity contribution in [2.24, 2.45) is 0 Å². The van der Waals surface area contributed by atoms with Gasteiger partial charge in [0.1, 0.15) is 5.82 Å². The number of hydrazine groups is 1. The van der Waals surface area contributed by atoms with Gasteiger partial charge in [0, 0.05) is 14.7 Å². The number of halogens is 12. The molecule has 3 rings (SSSR count). The summed E-state index contributed by atoms with van der Waals surface area (Å²) in [6, 6.07) is 9.93. The molecular weight excluding hydrogens is 696 g/mol. The van der Waals surface area contributed by atoms with Crippen LogP contribution >= 0.6 is 22.6 Å². The molecule has 4 nitrogen and oxygen atoms in total. The molecule has 0 unspecified atom stereocenters. The van der Waals surface area contributed by atoms with Crippen molar-refractivity contribution in [3.05, 3.63) is 98.4 Å². The lowest BCUT2D eigenvalue weighted by Crippen LogP contribution is -2.51. The van der Waals surface area contributed by atoms with E-state index in [0.29, 0.717) is 0 Å². The number of Topliss-reactive ketones (excluding diaryl/α,β-unsaturated/α-hetero) is 1. The molecule has 220 valence electrons. The van der Waals surface area contributed by atoms with E-state index in [9.17, 15) is 57.9 Å². The Morgan fingerprint density at radius 3 is 1.83 bits per heavy atom. The molecule has 0 fully saturated rings. The van der Waals surface area contributed by atoms with Crippen molar-refractivity contribution >= 4 is 40.0 Å². The maximum atomic E-state index is 14.7. The second-order valence-electron chi connectivity index (χ2n) is 8.25. The number of alkyl halides is 10. The summed E-state index contributed by atoms with van der Waals surface area (Å²) in [5.74, 6) is -3.66. The summed E-state index contributed by atoms with van der Waals surface area (Å²) in [5, 5.41) is -0.0330. The molecule has 1 N–H and O–H groups in total. The van der Waals surface area contributed by atoms with E-state index in [2.05, 4.69) is 5.43 Å². The lowest BCUT2D eigenvalue weighted by atomic mass is 9.91.